The fourth-order valence-corrected chi connectivity index (χ4v) is 1.78. The van der Waals surface area contributed by atoms with Gasteiger partial charge in [-0.3, -0.25) is 0 Å². The summed E-state index contributed by atoms with van der Waals surface area (Å²) < 4.78 is 24.3. The number of nitrogens with zero attached hydrogens (tertiary/aromatic N) is 1. The van der Waals surface area contributed by atoms with E-state index in [1.165, 1.54) is 42.6 Å². The highest BCUT2D eigenvalue weighted by Gasteiger charge is 2.06. The molecule has 0 aliphatic rings. The molecule has 0 aliphatic heterocycles. The normalized spacial score (nSPS) is 10.8. The van der Waals surface area contributed by atoms with Crippen molar-refractivity contribution < 1.29 is 23.8 Å². The number of unbranched alkanes of at least 4 members (excludes halogenated alkanes) is 1. The summed E-state index contributed by atoms with van der Waals surface area (Å²) in [6, 6.07) is 7.10. The van der Waals surface area contributed by atoms with E-state index >= 15 is 0 Å². The van der Waals surface area contributed by atoms with Crippen LogP contribution in [0.5, 0.6) is 17.4 Å². The Kier molecular flexibility index (Phi) is 6.31. The van der Waals surface area contributed by atoms with Crippen LogP contribution in [0.25, 0.3) is 6.08 Å². The van der Waals surface area contributed by atoms with Crippen LogP contribution in [0, 0.1) is 5.82 Å². The molecule has 24 heavy (non-hydrogen) atoms. The van der Waals surface area contributed by atoms with Crippen LogP contribution >= 0.6 is 0 Å². The third-order valence-electron chi connectivity index (χ3n) is 3.05. The van der Waals surface area contributed by atoms with E-state index in [1.807, 2.05) is 6.92 Å². The number of esters is 1. The molecule has 2 aromatic rings. The van der Waals surface area contributed by atoms with E-state index in [1.54, 1.807) is 6.07 Å². The SMILES string of the molecule is CCCCOC(=O)/C=C/c1ccc(Oc2ccc(O)cn2)c(F)c1. The summed E-state index contributed by atoms with van der Waals surface area (Å²) in [7, 11) is 0. The molecule has 1 N–H and O–H groups in total. The Hall–Kier alpha value is -2.89. The van der Waals surface area contributed by atoms with E-state index in [0.717, 1.165) is 12.8 Å². The molecular formula is C18H18FNO4. The quantitative estimate of drug-likeness (QED) is 0.470. The first-order chi connectivity index (χ1) is 11.6. The minimum Gasteiger partial charge on any atom is -0.506 e. The van der Waals surface area contributed by atoms with Crippen molar-refractivity contribution in [2.45, 2.75) is 19.8 Å². The van der Waals surface area contributed by atoms with Gasteiger partial charge in [0.05, 0.1) is 12.8 Å². The minimum atomic E-state index is -0.591. The fraction of sp³-hybridized carbons (Fsp3) is 0.222. The Morgan fingerprint density at radius 2 is 2.17 bits per heavy atom. The van der Waals surface area contributed by atoms with Crippen LogP contribution in [0.1, 0.15) is 25.3 Å². The lowest BCUT2D eigenvalue weighted by atomic mass is 10.2. The number of aromatic hydroxyl groups is 1. The van der Waals surface area contributed by atoms with Gasteiger partial charge in [0.1, 0.15) is 5.75 Å². The van der Waals surface area contributed by atoms with Crippen LogP contribution < -0.4 is 4.74 Å². The van der Waals surface area contributed by atoms with E-state index in [2.05, 4.69) is 4.98 Å². The topological polar surface area (TPSA) is 68.7 Å². The van der Waals surface area contributed by atoms with Gasteiger partial charge in [0, 0.05) is 12.1 Å². The molecule has 0 saturated carbocycles. The van der Waals surface area contributed by atoms with Crippen molar-refractivity contribution >= 4 is 12.0 Å². The van der Waals surface area contributed by atoms with Crippen molar-refractivity contribution in [3.05, 3.63) is 54.0 Å². The molecule has 0 saturated heterocycles. The Bertz CT molecular complexity index is 713. The molecule has 6 heteroatoms. The van der Waals surface area contributed by atoms with Crippen LogP contribution in [0.2, 0.25) is 0 Å². The average Bonchev–Trinajstić information content (AvgIpc) is 2.57. The summed E-state index contributed by atoms with van der Waals surface area (Å²) >= 11 is 0. The zero-order valence-electron chi connectivity index (χ0n) is 13.2. The van der Waals surface area contributed by atoms with Gasteiger partial charge in [-0.2, -0.15) is 0 Å². The summed E-state index contributed by atoms with van der Waals surface area (Å²) in [5, 5.41) is 9.15. The maximum atomic E-state index is 14.0. The predicted octanol–water partition coefficient (Wildman–Crippen LogP) is 4.08. The number of rotatable bonds is 7. The van der Waals surface area contributed by atoms with E-state index in [9.17, 15) is 9.18 Å². The molecule has 0 unspecified atom stereocenters. The molecule has 0 amide bonds. The first-order valence-electron chi connectivity index (χ1n) is 7.55. The molecule has 1 aromatic heterocycles. The number of aromatic nitrogens is 1. The lowest BCUT2D eigenvalue weighted by Crippen LogP contribution is -2.01. The van der Waals surface area contributed by atoms with Gasteiger partial charge in [-0.15, -0.1) is 0 Å². The number of carbonyl (C=O) groups excluding carboxylic acids is 1. The summed E-state index contributed by atoms with van der Waals surface area (Å²) in [4.78, 5) is 15.3. The van der Waals surface area contributed by atoms with Gasteiger partial charge < -0.3 is 14.6 Å². The highest BCUT2D eigenvalue weighted by molar-refractivity contribution is 5.87. The molecule has 0 fully saturated rings. The van der Waals surface area contributed by atoms with Gasteiger partial charge in [0.15, 0.2) is 11.6 Å². The van der Waals surface area contributed by atoms with Gasteiger partial charge >= 0.3 is 5.97 Å². The van der Waals surface area contributed by atoms with Crippen molar-refractivity contribution in [2.75, 3.05) is 6.61 Å². The number of hydrogen-bond acceptors (Lipinski definition) is 5. The van der Waals surface area contributed by atoms with E-state index in [0.29, 0.717) is 12.2 Å². The van der Waals surface area contributed by atoms with Gasteiger partial charge in [-0.05, 0) is 36.3 Å². The molecule has 0 bridgehead atoms. The molecule has 0 aliphatic carbocycles. The molecule has 126 valence electrons. The van der Waals surface area contributed by atoms with Crippen LogP contribution in [0.3, 0.4) is 0 Å². The third kappa shape index (κ3) is 5.39. The van der Waals surface area contributed by atoms with Crippen LogP contribution in [-0.4, -0.2) is 22.7 Å². The number of halogens is 1. The van der Waals surface area contributed by atoms with E-state index in [-0.39, 0.29) is 17.4 Å². The molecule has 2 rings (SSSR count). The van der Waals surface area contributed by atoms with Crippen LogP contribution in [0.15, 0.2) is 42.6 Å². The number of hydrogen-bond donors (Lipinski definition) is 1. The van der Waals surface area contributed by atoms with Crippen LogP contribution in [-0.2, 0) is 9.53 Å². The lowest BCUT2D eigenvalue weighted by Gasteiger charge is -2.06. The summed E-state index contributed by atoms with van der Waals surface area (Å²) in [6.07, 6.45) is 5.69. The van der Waals surface area contributed by atoms with Crippen molar-refractivity contribution in [2.24, 2.45) is 0 Å². The molecule has 1 heterocycles. The molecule has 1 aromatic carbocycles. The fourth-order valence-electron chi connectivity index (χ4n) is 1.78. The first kappa shape index (κ1) is 17.5. The second kappa shape index (κ2) is 8.67. The number of ether oxygens (including phenoxy) is 2. The van der Waals surface area contributed by atoms with Gasteiger partial charge in [-0.25, -0.2) is 14.2 Å². The highest BCUT2D eigenvalue weighted by Crippen LogP contribution is 2.25. The van der Waals surface area contributed by atoms with Gasteiger partial charge in [0.25, 0.3) is 0 Å². The molecular weight excluding hydrogens is 313 g/mol. The third-order valence-corrected chi connectivity index (χ3v) is 3.05. The van der Waals surface area contributed by atoms with Crippen molar-refractivity contribution in [3.8, 4) is 17.4 Å². The Balaban J connectivity index is 1.98. The monoisotopic (exact) mass is 331 g/mol. The zero-order valence-corrected chi connectivity index (χ0v) is 13.2. The summed E-state index contributed by atoms with van der Waals surface area (Å²) in [5.74, 6) is -0.900. The van der Waals surface area contributed by atoms with Gasteiger partial charge in [0.2, 0.25) is 5.88 Å². The molecule has 0 radical (unpaired) electrons. The van der Waals surface area contributed by atoms with E-state index in [4.69, 9.17) is 14.6 Å². The second-order valence-corrected chi connectivity index (χ2v) is 5.00. The average molecular weight is 331 g/mol. The Morgan fingerprint density at radius 3 is 2.83 bits per heavy atom. The van der Waals surface area contributed by atoms with Crippen molar-refractivity contribution in [1.29, 1.82) is 0 Å². The maximum absolute atomic E-state index is 14.0. The lowest BCUT2D eigenvalue weighted by molar-refractivity contribution is -0.137. The largest absolute Gasteiger partial charge is 0.506 e. The summed E-state index contributed by atoms with van der Waals surface area (Å²) in [5.41, 5.74) is 0.506. The number of pyridine rings is 1. The molecule has 5 nitrogen and oxygen atoms in total. The molecule has 0 spiro atoms. The Labute approximate surface area is 139 Å². The van der Waals surface area contributed by atoms with Crippen LogP contribution in [0.4, 0.5) is 4.39 Å². The molecule has 0 atom stereocenters. The van der Waals surface area contributed by atoms with Gasteiger partial charge in [-0.1, -0.05) is 19.4 Å². The smallest absolute Gasteiger partial charge is 0.330 e. The zero-order chi connectivity index (χ0) is 17.4. The minimum absolute atomic E-state index is 0.00383. The first-order valence-corrected chi connectivity index (χ1v) is 7.55. The van der Waals surface area contributed by atoms with Crippen molar-refractivity contribution in [3.63, 3.8) is 0 Å². The highest BCUT2D eigenvalue weighted by atomic mass is 19.1. The maximum Gasteiger partial charge on any atom is 0.330 e. The number of benzene rings is 1. The van der Waals surface area contributed by atoms with Crippen molar-refractivity contribution in [1.82, 2.24) is 4.98 Å². The standard InChI is InChI=1S/C18H18FNO4/c1-2-3-10-23-18(22)9-5-13-4-7-16(15(19)11-13)24-17-8-6-14(21)12-20-17/h4-9,11-12,21H,2-3,10H2,1H3/b9-5+. The second-order valence-electron chi connectivity index (χ2n) is 5.00. The predicted molar refractivity (Wildman–Crippen MR) is 87.3 cm³/mol. The Morgan fingerprint density at radius 1 is 1.33 bits per heavy atom. The van der Waals surface area contributed by atoms with E-state index < -0.39 is 11.8 Å². The summed E-state index contributed by atoms with van der Waals surface area (Å²) in [6.45, 7) is 2.38. The number of carbonyl (C=O) groups is 1.